The number of amides is 2. The van der Waals surface area contributed by atoms with Crippen molar-refractivity contribution in [3.05, 3.63) is 35.9 Å². The maximum Gasteiger partial charge on any atom is 0.317 e. The molecule has 1 aromatic rings. The maximum atomic E-state index is 11.7. The minimum atomic E-state index is -0.0162. The van der Waals surface area contributed by atoms with Crippen LogP contribution in [0.5, 0.6) is 0 Å². The molecule has 0 heterocycles. The highest BCUT2D eigenvalue weighted by molar-refractivity contribution is 5.73. The van der Waals surface area contributed by atoms with E-state index < -0.39 is 0 Å². The van der Waals surface area contributed by atoms with E-state index in [1.54, 1.807) is 4.90 Å². The van der Waals surface area contributed by atoms with Gasteiger partial charge in [-0.1, -0.05) is 44.2 Å². The van der Waals surface area contributed by atoms with Gasteiger partial charge in [0, 0.05) is 20.1 Å². The van der Waals surface area contributed by atoms with E-state index in [1.807, 2.05) is 37.4 Å². The Bertz CT molecular complexity index is 322. The highest BCUT2D eigenvalue weighted by Gasteiger charge is 2.08. The van der Waals surface area contributed by atoms with Crippen molar-refractivity contribution in [3.63, 3.8) is 0 Å². The van der Waals surface area contributed by atoms with Crippen molar-refractivity contribution in [2.75, 3.05) is 13.6 Å². The van der Waals surface area contributed by atoms with Crippen LogP contribution in [0, 0.1) is 5.92 Å². The van der Waals surface area contributed by atoms with Gasteiger partial charge in [0.2, 0.25) is 0 Å². The van der Waals surface area contributed by atoms with Crippen LogP contribution in [0.15, 0.2) is 30.3 Å². The van der Waals surface area contributed by atoms with E-state index in [9.17, 15) is 4.79 Å². The zero-order valence-electron chi connectivity index (χ0n) is 10.2. The quantitative estimate of drug-likeness (QED) is 0.830. The van der Waals surface area contributed by atoms with Gasteiger partial charge in [0.1, 0.15) is 0 Å². The molecule has 1 N–H and O–H groups in total. The topological polar surface area (TPSA) is 32.3 Å². The molecule has 3 heteroatoms. The molecule has 0 atom stereocenters. The summed E-state index contributed by atoms with van der Waals surface area (Å²) in [5, 5.41) is 2.89. The SMILES string of the molecule is CC(C)CN(C)C(=O)NCc1ccccc1. The summed E-state index contributed by atoms with van der Waals surface area (Å²) in [4.78, 5) is 13.4. The molecule has 0 bridgehead atoms. The number of nitrogens with one attached hydrogen (secondary N) is 1. The lowest BCUT2D eigenvalue weighted by molar-refractivity contribution is 0.203. The lowest BCUT2D eigenvalue weighted by atomic mass is 10.2. The summed E-state index contributed by atoms with van der Waals surface area (Å²) in [7, 11) is 1.82. The van der Waals surface area contributed by atoms with Crippen molar-refractivity contribution in [1.82, 2.24) is 10.2 Å². The molecule has 0 spiro atoms. The molecule has 88 valence electrons. The van der Waals surface area contributed by atoms with Crippen LogP contribution in [0.2, 0.25) is 0 Å². The van der Waals surface area contributed by atoms with Crippen LogP contribution in [0.25, 0.3) is 0 Å². The first-order valence-corrected chi connectivity index (χ1v) is 5.62. The molecule has 0 radical (unpaired) electrons. The standard InChI is InChI=1S/C13H20N2O/c1-11(2)10-15(3)13(16)14-9-12-7-5-4-6-8-12/h4-8,11H,9-10H2,1-3H3,(H,14,16). The number of hydrogen-bond donors (Lipinski definition) is 1. The zero-order valence-corrected chi connectivity index (χ0v) is 10.2. The summed E-state index contributed by atoms with van der Waals surface area (Å²) in [5.41, 5.74) is 1.12. The van der Waals surface area contributed by atoms with Gasteiger partial charge in [-0.15, -0.1) is 0 Å². The highest BCUT2D eigenvalue weighted by atomic mass is 16.2. The Hall–Kier alpha value is -1.51. The summed E-state index contributed by atoms with van der Waals surface area (Å²) >= 11 is 0. The van der Waals surface area contributed by atoms with Crippen molar-refractivity contribution >= 4 is 6.03 Å². The van der Waals surface area contributed by atoms with Gasteiger partial charge in [0.15, 0.2) is 0 Å². The molecular formula is C13H20N2O. The van der Waals surface area contributed by atoms with E-state index >= 15 is 0 Å². The molecule has 1 rings (SSSR count). The van der Waals surface area contributed by atoms with Crippen molar-refractivity contribution in [2.45, 2.75) is 20.4 Å². The van der Waals surface area contributed by atoms with Crippen molar-refractivity contribution < 1.29 is 4.79 Å². The van der Waals surface area contributed by atoms with Crippen LogP contribution >= 0.6 is 0 Å². The summed E-state index contributed by atoms with van der Waals surface area (Å²) in [5.74, 6) is 0.493. The molecule has 1 aromatic carbocycles. The molecule has 0 unspecified atom stereocenters. The van der Waals surface area contributed by atoms with E-state index in [1.165, 1.54) is 0 Å². The Balaban J connectivity index is 2.35. The first kappa shape index (κ1) is 12.6. The van der Waals surface area contributed by atoms with E-state index in [2.05, 4.69) is 19.2 Å². The lowest BCUT2D eigenvalue weighted by Gasteiger charge is -2.19. The lowest BCUT2D eigenvalue weighted by Crippen LogP contribution is -2.38. The molecule has 0 aromatic heterocycles. The van der Waals surface area contributed by atoms with Gasteiger partial charge in [-0.25, -0.2) is 4.79 Å². The molecule has 0 saturated heterocycles. The molecular weight excluding hydrogens is 200 g/mol. The van der Waals surface area contributed by atoms with Gasteiger partial charge in [0.05, 0.1) is 0 Å². The van der Waals surface area contributed by atoms with Crippen LogP contribution in [0.1, 0.15) is 19.4 Å². The Labute approximate surface area is 97.5 Å². The fourth-order valence-corrected chi connectivity index (χ4v) is 1.54. The van der Waals surface area contributed by atoms with Crippen LogP contribution in [-0.4, -0.2) is 24.5 Å². The van der Waals surface area contributed by atoms with E-state index in [4.69, 9.17) is 0 Å². The third kappa shape index (κ3) is 4.34. The van der Waals surface area contributed by atoms with Gasteiger partial charge in [-0.05, 0) is 11.5 Å². The summed E-state index contributed by atoms with van der Waals surface area (Å²) < 4.78 is 0. The minimum Gasteiger partial charge on any atom is -0.334 e. The van der Waals surface area contributed by atoms with Crippen molar-refractivity contribution in [2.24, 2.45) is 5.92 Å². The van der Waals surface area contributed by atoms with Crippen molar-refractivity contribution in [3.8, 4) is 0 Å². The first-order chi connectivity index (χ1) is 7.59. The van der Waals surface area contributed by atoms with Crippen molar-refractivity contribution in [1.29, 1.82) is 0 Å². The Kier molecular flexibility index (Phi) is 4.83. The monoisotopic (exact) mass is 220 g/mol. The number of nitrogens with zero attached hydrogens (tertiary/aromatic N) is 1. The molecule has 0 aliphatic rings. The summed E-state index contributed by atoms with van der Waals surface area (Å²) in [6.45, 7) is 5.56. The third-order valence-electron chi connectivity index (χ3n) is 2.27. The Morgan fingerprint density at radius 2 is 1.94 bits per heavy atom. The van der Waals surface area contributed by atoms with Crippen LogP contribution in [0.4, 0.5) is 4.79 Å². The smallest absolute Gasteiger partial charge is 0.317 e. The van der Waals surface area contributed by atoms with Gasteiger partial charge >= 0.3 is 6.03 Å². The predicted octanol–water partition coefficient (Wildman–Crippen LogP) is 2.48. The second-order valence-corrected chi connectivity index (χ2v) is 4.42. The molecule has 0 aliphatic heterocycles. The first-order valence-electron chi connectivity index (χ1n) is 5.62. The molecule has 0 aliphatic carbocycles. The molecule has 3 nitrogen and oxygen atoms in total. The maximum absolute atomic E-state index is 11.7. The average Bonchev–Trinajstić information content (AvgIpc) is 2.26. The number of urea groups is 1. The van der Waals surface area contributed by atoms with Crippen LogP contribution in [-0.2, 0) is 6.54 Å². The number of hydrogen-bond acceptors (Lipinski definition) is 1. The predicted molar refractivity (Wildman–Crippen MR) is 66.1 cm³/mol. The number of carbonyl (C=O) groups is 1. The van der Waals surface area contributed by atoms with Gasteiger partial charge in [-0.2, -0.15) is 0 Å². The van der Waals surface area contributed by atoms with Gasteiger partial charge < -0.3 is 10.2 Å². The van der Waals surface area contributed by atoms with Gasteiger partial charge in [0.25, 0.3) is 0 Å². The zero-order chi connectivity index (χ0) is 12.0. The fourth-order valence-electron chi connectivity index (χ4n) is 1.54. The van der Waals surface area contributed by atoms with E-state index in [0.717, 1.165) is 12.1 Å². The van der Waals surface area contributed by atoms with E-state index in [-0.39, 0.29) is 6.03 Å². The molecule has 0 fully saturated rings. The summed E-state index contributed by atoms with van der Waals surface area (Å²) in [6, 6.07) is 9.90. The Morgan fingerprint density at radius 3 is 2.50 bits per heavy atom. The number of benzene rings is 1. The largest absolute Gasteiger partial charge is 0.334 e. The van der Waals surface area contributed by atoms with Crippen LogP contribution < -0.4 is 5.32 Å². The average molecular weight is 220 g/mol. The van der Waals surface area contributed by atoms with E-state index in [0.29, 0.717) is 12.5 Å². The van der Waals surface area contributed by atoms with Gasteiger partial charge in [-0.3, -0.25) is 0 Å². The highest BCUT2D eigenvalue weighted by Crippen LogP contribution is 1.99. The minimum absolute atomic E-state index is 0.0162. The Morgan fingerprint density at radius 1 is 1.31 bits per heavy atom. The fraction of sp³-hybridized carbons (Fsp3) is 0.462. The molecule has 0 saturated carbocycles. The summed E-state index contributed by atoms with van der Waals surface area (Å²) in [6.07, 6.45) is 0. The van der Waals surface area contributed by atoms with Crippen LogP contribution in [0.3, 0.4) is 0 Å². The normalized spacial score (nSPS) is 10.2. The number of carbonyl (C=O) groups excluding carboxylic acids is 1. The third-order valence-corrected chi connectivity index (χ3v) is 2.27. The number of rotatable bonds is 4. The second kappa shape index (κ2) is 6.16. The molecule has 16 heavy (non-hydrogen) atoms. The molecule has 2 amide bonds. The second-order valence-electron chi connectivity index (χ2n) is 4.42.